The standard InChI is InChI=1S/C18H15BrO2/c1-18(2,19)16(20)10-11-7-8-13-12-5-3-4-6-14(12)17(21)15(13)9-11/h3-9H,10H2,1-2H3. The van der Waals surface area contributed by atoms with Gasteiger partial charge in [-0.2, -0.15) is 0 Å². The van der Waals surface area contributed by atoms with Crippen molar-refractivity contribution < 1.29 is 9.59 Å². The highest BCUT2D eigenvalue weighted by molar-refractivity contribution is 9.10. The number of carbonyl (C=O) groups is 2. The van der Waals surface area contributed by atoms with Gasteiger partial charge in [-0.15, -0.1) is 0 Å². The highest BCUT2D eigenvalue weighted by atomic mass is 79.9. The molecule has 2 aromatic rings. The summed E-state index contributed by atoms with van der Waals surface area (Å²) in [6.45, 7) is 3.67. The van der Waals surface area contributed by atoms with Gasteiger partial charge < -0.3 is 0 Å². The highest BCUT2D eigenvalue weighted by Gasteiger charge is 2.28. The molecule has 3 heteroatoms. The van der Waals surface area contributed by atoms with E-state index in [-0.39, 0.29) is 11.6 Å². The van der Waals surface area contributed by atoms with Crippen LogP contribution >= 0.6 is 15.9 Å². The number of halogens is 1. The Bertz CT molecular complexity index is 754. The Kier molecular flexibility index (Phi) is 3.33. The number of Topliss-reactive ketones (excluding diaryl/α,β-unsaturated/α-hetero) is 1. The second-order valence-electron chi connectivity index (χ2n) is 5.83. The van der Waals surface area contributed by atoms with Crippen LogP contribution in [-0.4, -0.2) is 15.9 Å². The number of benzene rings is 2. The molecule has 106 valence electrons. The molecular weight excluding hydrogens is 328 g/mol. The third kappa shape index (κ3) is 2.46. The van der Waals surface area contributed by atoms with Crippen LogP contribution in [0.1, 0.15) is 35.3 Å². The summed E-state index contributed by atoms with van der Waals surface area (Å²) in [4.78, 5) is 24.5. The lowest BCUT2D eigenvalue weighted by Crippen LogP contribution is -2.25. The zero-order valence-corrected chi connectivity index (χ0v) is 13.5. The van der Waals surface area contributed by atoms with Crippen LogP contribution in [0.5, 0.6) is 0 Å². The SMILES string of the molecule is CC(C)(Br)C(=O)Cc1ccc2c(c1)C(=O)c1ccccc1-2. The molecule has 0 radical (unpaired) electrons. The molecule has 0 amide bonds. The van der Waals surface area contributed by atoms with E-state index in [2.05, 4.69) is 15.9 Å². The Hall–Kier alpha value is -1.74. The third-order valence-electron chi connectivity index (χ3n) is 3.82. The van der Waals surface area contributed by atoms with Crippen molar-refractivity contribution in [3.05, 3.63) is 59.2 Å². The van der Waals surface area contributed by atoms with Gasteiger partial charge in [0.25, 0.3) is 0 Å². The van der Waals surface area contributed by atoms with Crippen LogP contribution in [0.3, 0.4) is 0 Å². The summed E-state index contributed by atoms with van der Waals surface area (Å²) >= 11 is 3.38. The van der Waals surface area contributed by atoms with Gasteiger partial charge in [-0.05, 0) is 36.6 Å². The molecule has 0 saturated heterocycles. The highest BCUT2D eigenvalue weighted by Crippen LogP contribution is 2.37. The van der Waals surface area contributed by atoms with Crippen molar-refractivity contribution in [2.75, 3.05) is 0 Å². The maximum absolute atomic E-state index is 12.4. The Morgan fingerprint density at radius 2 is 1.62 bits per heavy atom. The van der Waals surface area contributed by atoms with Crippen LogP contribution in [0, 0.1) is 0 Å². The van der Waals surface area contributed by atoms with Crippen LogP contribution in [0.15, 0.2) is 42.5 Å². The van der Waals surface area contributed by atoms with Crippen molar-refractivity contribution in [1.82, 2.24) is 0 Å². The van der Waals surface area contributed by atoms with E-state index in [1.165, 1.54) is 0 Å². The van der Waals surface area contributed by atoms with Crippen molar-refractivity contribution in [2.24, 2.45) is 0 Å². The summed E-state index contributed by atoms with van der Waals surface area (Å²) in [5.41, 5.74) is 4.28. The second-order valence-corrected chi connectivity index (χ2v) is 7.81. The molecule has 1 aliphatic carbocycles. The largest absolute Gasteiger partial charge is 0.298 e. The number of hydrogen-bond acceptors (Lipinski definition) is 2. The van der Waals surface area contributed by atoms with E-state index < -0.39 is 4.32 Å². The predicted molar refractivity (Wildman–Crippen MR) is 87.0 cm³/mol. The lowest BCUT2D eigenvalue weighted by molar-refractivity contribution is -0.119. The zero-order valence-electron chi connectivity index (χ0n) is 11.9. The molecule has 2 nitrogen and oxygen atoms in total. The van der Waals surface area contributed by atoms with Gasteiger partial charge in [-0.3, -0.25) is 9.59 Å². The van der Waals surface area contributed by atoms with Gasteiger partial charge in [0.1, 0.15) is 0 Å². The molecule has 0 spiro atoms. The molecule has 0 fully saturated rings. The van der Waals surface area contributed by atoms with Crippen LogP contribution in [0.25, 0.3) is 11.1 Å². The second kappa shape index (κ2) is 4.92. The lowest BCUT2D eigenvalue weighted by atomic mass is 9.97. The minimum absolute atomic E-state index is 0.0491. The van der Waals surface area contributed by atoms with Crippen LogP contribution in [0.2, 0.25) is 0 Å². The predicted octanol–water partition coefficient (Wildman–Crippen LogP) is 4.18. The first kappa shape index (κ1) is 14.2. The average Bonchev–Trinajstić information content (AvgIpc) is 2.72. The van der Waals surface area contributed by atoms with E-state index in [0.29, 0.717) is 12.0 Å². The van der Waals surface area contributed by atoms with Gasteiger partial charge >= 0.3 is 0 Å². The third-order valence-corrected chi connectivity index (χ3v) is 4.26. The van der Waals surface area contributed by atoms with Gasteiger partial charge in [-0.1, -0.05) is 52.3 Å². The summed E-state index contributed by atoms with van der Waals surface area (Å²) in [6.07, 6.45) is 0.329. The molecule has 0 aromatic heterocycles. The number of alkyl halides is 1. The molecule has 0 saturated carbocycles. The normalized spacial score (nSPS) is 13.0. The molecule has 0 heterocycles. The van der Waals surface area contributed by atoms with Gasteiger partial charge in [0.15, 0.2) is 11.6 Å². The van der Waals surface area contributed by atoms with E-state index in [1.807, 2.05) is 56.3 Å². The topological polar surface area (TPSA) is 34.1 Å². The maximum Gasteiger partial charge on any atom is 0.194 e. The monoisotopic (exact) mass is 342 g/mol. The number of fused-ring (bicyclic) bond motifs is 3. The quantitative estimate of drug-likeness (QED) is 0.669. The minimum atomic E-state index is -0.543. The Balaban J connectivity index is 1.98. The van der Waals surface area contributed by atoms with E-state index in [4.69, 9.17) is 0 Å². The fraction of sp³-hybridized carbons (Fsp3) is 0.222. The van der Waals surface area contributed by atoms with Gasteiger partial charge in [-0.25, -0.2) is 0 Å². The number of ketones is 2. The zero-order chi connectivity index (χ0) is 15.2. The van der Waals surface area contributed by atoms with Crippen LogP contribution in [0.4, 0.5) is 0 Å². The minimum Gasteiger partial charge on any atom is -0.298 e. The molecule has 0 unspecified atom stereocenters. The summed E-state index contributed by atoms with van der Waals surface area (Å²) in [5.74, 6) is 0.151. The first-order valence-electron chi connectivity index (χ1n) is 6.87. The van der Waals surface area contributed by atoms with E-state index >= 15 is 0 Å². The lowest BCUT2D eigenvalue weighted by Gasteiger charge is -2.14. The first-order valence-corrected chi connectivity index (χ1v) is 7.66. The molecule has 21 heavy (non-hydrogen) atoms. The summed E-state index contributed by atoms with van der Waals surface area (Å²) < 4.78 is -0.543. The number of hydrogen-bond donors (Lipinski definition) is 0. The van der Waals surface area contributed by atoms with Crippen molar-refractivity contribution in [3.8, 4) is 11.1 Å². The van der Waals surface area contributed by atoms with Crippen molar-refractivity contribution >= 4 is 27.5 Å². The molecule has 2 aromatic carbocycles. The van der Waals surface area contributed by atoms with E-state index in [9.17, 15) is 9.59 Å². The summed E-state index contributed by atoms with van der Waals surface area (Å²) in [6, 6.07) is 13.4. The van der Waals surface area contributed by atoms with Crippen molar-refractivity contribution in [2.45, 2.75) is 24.6 Å². The Morgan fingerprint density at radius 3 is 2.29 bits per heavy atom. The molecule has 3 rings (SSSR count). The van der Waals surface area contributed by atoms with Crippen LogP contribution < -0.4 is 0 Å². The fourth-order valence-electron chi connectivity index (χ4n) is 2.58. The first-order chi connectivity index (χ1) is 9.88. The molecule has 1 aliphatic rings. The van der Waals surface area contributed by atoms with Gasteiger partial charge in [0, 0.05) is 17.5 Å². The maximum atomic E-state index is 12.4. The van der Waals surface area contributed by atoms with E-state index in [0.717, 1.165) is 22.3 Å². The number of rotatable bonds is 3. The average molecular weight is 343 g/mol. The summed E-state index contributed by atoms with van der Waals surface area (Å²) in [5, 5.41) is 0. The number of carbonyl (C=O) groups excluding carboxylic acids is 2. The molecular formula is C18H15BrO2. The molecule has 0 N–H and O–H groups in total. The van der Waals surface area contributed by atoms with Crippen LogP contribution in [-0.2, 0) is 11.2 Å². The Labute approximate surface area is 132 Å². The summed E-state index contributed by atoms with van der Waals surface area (Å²) in [7, 11) is 0. The smallest absolute Gasteiger partial charge is 0.194 e. The molecule has 0 aliphatic heterocycles. The molecule has 0 bridgehead atoms. The van der Waals surface area contributed by atoms with Crippen molar-refractivity contribution in [1.29, 1.82) is 0 Å². The van der Waals surface area contributed by atoms with Gasteiger partial charge in [0.2, 0.25) is 0 Å². The van der Waals surface area contributed by atoms with Gasteiger partial charge in [0.05, 0.1) is 4.32 Å². The Morgan fingerprint density at radius 1 is 1.00 bits per heavy atom. The fourth-order valence-corrected chi connectivity index (χ4v) is 2.72. The molecule has 0 atom stereocenters. The van der Waals surface area contributed by atoms with Crippen molar-refractivity contribution in [3.63, 3.8) is 0 Å². The van der Waals surface area contributed by atoms with E-state index in [1.54, 1.807) is 0 Å².